The molecule has 0 spiro atoms. The van der Waals surface area contributed by atoms with Crippen LogP contribution in [0.15, 0.2) is 0 Å². The molecule has 19 heavy (non-hydrogen) atoms. The molecule has 2 fully saturated rings. The second kappa shape index (κ2) is 6.53. The summed E-state index contributed by atoms with van der Waals surface area (Å²) >= 11 is 0. The van der Waals surface area contributed by atoms with Gasteiger partial charge in [-0.15, -0.1) is 0 Å². The van der Waals surface area contributed by atoms with Gasteiger partial charge in [0.25, 0.3) is 0 Å². The molecule has 2 rings (SSSR count). The minimum atomic E-state index is -0.0149. The average molecular weight is 269 g/mol. The van der Waals surface area contributed by atoms with Crippen LogP contribution in [-0.2, 0) is 4.74 Å². The van der Waals surface area contributed by atoms with Crippen LogP contribution in [0.5, 0.6) is 0 Å². The van der Waals surface area contributed by atoms with E-state index in [1.54, 1.807) is 0 Å². The van der Waals surface area contributed by atoms with E-state index in [9.17, 15) is 0 Å². The Balaban J connectivity index is 2.04. The predicted molar refractivity (Wildman–Crippen MR) is 79.3 cm³/mol. The SMILES string of the molecule is CCOCC(C)(CN)N1CC2CCCCN2CC1C. The minimum Gasteiger partial charge on any atom is -0.380 e. The lowest BCUT2D eigenvalue weighted by Gasteiger charge is -2.53. The molecule has 0 bridgehead atoms. The van der Waals surface area contributed by atoms with Crippen LogP contribution in [-0.4, -0.2) is 66.8 Å². The van der Waals surface area contributed by atoms with Crippen LogP contribution in [0.2, 0.25) is 0 Å². The highest BCUT2D eigenvalue weighted by atomic mass is 16.5. The highest BCUT2D eigenvalue weighted by Gasteiger charge is 2.41. The van der Waals surface area contributed by atoms with Crippen LogP contribution in [0.3, 0.4) is 0 Å². The van der Waals surface area contributed by atoms with E-state index in [0.717, 1.165) is 25.8 Å². The second-order valence-corrected chi connectivity index (χ2v) is 6.48. The first-order valence-corrected chi connectivity index (χ1v) is 7.89. The van der Waals surface area contributed by atoms with E-state index in [4.69, 9.17) is 10.5 Å². The first-order valence-electron chi connectivity index (χ1n) is 7.89. The van der Waals surface area contributed by atoms with Crippen LogP contribution >= 0.6 is 0 Å². The molecule has 0 aromatic heterocycles. The van der Waals surface area contributed by atoms with E-state index in [1.807, 2.05) is 0 Å². The monoisotopic (exact) mass is 269 g/mol. The summed E-state index contributed by atoms with van der Waals surface area (Å²) in [6, 6.07) is 1.31. The standard InChI is InChI=1S/C15H31N3O/c1-4-19-12-15(3,11-16)18-10-14-7-5-6-8-17(14)9-13(18)2/h13-14H,4-12,16H2,1-3H3. The fraction of sp³-hybridized carbons (Fsp3) is 1.00. The zero-order valence-electron chi connectivity index (χ0n) is 12.9. The number of fused-ring (bicyclic) bond motifs is 1. The third-order valence-electron chi connectivity index (χ3n) is 4.94. The Kier molecular flexibility index (Phi) is 5.23. The van der Waals surface area contributed by atoms with Gasteiger partial charge in [-0.25, -0.2) is 0 Å². The van der Waals surface area contributed by atoms with Crippen molar-refractivity contribution in [2.45, 2.75) is 57.7 Å². The van der Waals surface area contributed by atoms with Crippen molar-refractivity contribution in [1.82, 2.24) is 9.80 Å². The van der Waals surface area contributed by atoms with Crippen LogP contribution in [0.25, 0.3) is 0 Å². The van der Waals surface area contributed by atoms with Gasteiger partial charge in [0.05, 0.1) is 12.1 Å². The normalized spacial score (nSPS) is 32.8. The van der Waals surface area contributed by atoms with Gasteiger partial charge in [-0.2, -0.15) is 0 Å². The maximum Gasteiger partial charge on any atom is 0.0660 e. The number of nitrogens with zero attached hydrogens (tertiary/aromatic N) is 2. The van der Waals surface area contributed by atoms with E-state index in [-0.39, 0.29) is 5.54 Å². The summed E-state index contributed by atoms with van der Waals surface area (Å²) in [7, 11) is 0. The third kappa shape index (κ3) is 3.30. The third-order valence-corrected chi connectivity index (χ3v) is 4.94. The molecule has 4 nitrogen and oxygen atoms in total. The molecule has 112 valence electrons. The minimum absolute atomic E-state index is 0.0149. The van der Waals surface area contributed by atoms with Gasteiger partial charge < -0.3 is 10.5 Å². The summed E-state index contributed by atoms with van der Waals surface area (Å²) in [4.78, 5) is 5.29. The van der Waals surface area contributed by atoms with Crippen LogP contribution in [0.4, 0.5) is 0 Å². The molecular weight excluding hydrogens is 238 g/mol. The lowest BCUT2D eigenvalue weighted by Crippen LogP contribution is -2.67. The van der Waals surface area contributed by atoms with E-state index in [2.05, 4.69) is 30.6 Å². The summed E-state index contributed by atoms with van der Waals surface area (Å²) in [5.41, 5.74) is 6.06. The highest BCUT2D eigenvalue weighted by molar-refractivity contribution is 4.98. The Labute approximate surface area is 118 Å². The van der Waals surface area contributed by atoms with E-state index in [0.29, 0.717) is 12.6 Å². The van der Waals surface area contributed by atoms with Gasteiger partial charge in [-0.3, -0.25) is 9.80 Å². The molecule has 0 aliphatic carbocycles. The van der Waals surface area contributed by atoms with Crippen molar-refractivity contribution < 1.29 is 4.74 Å². The zero-order valence-corrected chi connectivity index (χ0v) is 12.9. The predicted octanol–water partition coefficient (Wildman–Crippen LogP) is 1.30. The van der Waals surface area contributed by atoms with Crippen LogP contribution in [0.1, 0.15) is 40.0 Å². The Bertz CT molecular complexity index is 287. The molecule has 3 unspecified atom stereocenters. The lowest BCUT2D eigenvalue weighted by atomic mass is 9.91. The maximum atomic E-state index is 6.07. The fourth-order valence-corrected chi connectivity index (χ4v) is 3.69. The van der Waals surface area contributed by atoms with Gasteiger partial charge in [-0.05, 0) is 40.2 Å². The topological polar surface area (TPSA) is 41.7 Å². The Hall–Kier alpha value is -0.160. The molecule has 0 aromatic rings. The molecule has 2 aliphatic heterocycles. The number of ether oxygens (including phenoxy) is 1. The molecule has 0 radical (unpaired) electrons. The van der Waals surface area contributed by atoms with Gasteiger partial charge in [0.2, 0.25) is 0 Å². The largest absolute Gasteiger partial charge is 0.380 e. The van der Waals surface area contributed by atoms with Gasteiger partial charge >= 0.3 is 0 Å². The molecule has 2 aliphatic rings. The summed E-state index contributed by atoms with van der Waals surface area (Å²) in [5.74, 6) is 0. The molecule has 3 atom stereocenters. The van der Waals surface area contributed by atoms with E-state index >= 15 is 0 Å². The molecule has 0 aromatic carbocycles. The fourth-order valence-electron chi connectivity index (χ4n) is 3.69. The number of hydrogen-bond donors (Lipinski definition) is 1. The van der Waals surface area contributed by atoms with Crippen molar-refractivity contribution in [3.8, 4) is 0 Å². The smallest absolute Gasteiger partial charge is 0.0660 e. The summed E-state index contributed by atoms with van der Waals surface area (Å²) in [6.45, 7) is 12.5. The molecule has 2 saturated heterocycles. The first kappa shape index (κ1) is 15.2. The Morgan fingerprint density at radius 1 is 1.32 bits per heavy atom. The molecule has 0 amide bonds. The summed E-state index contributed by atoms with van der Waals surface area (Å²) < 4.78 is 5.69. The lowest BCUT2D eigenvalue weighted by molar-refractivity contribution is -0.0682. The summed E-state index contributed by atoms with van der Waals surface area (Å²) in [6.07, 6.45) is 4.10. The second-order valence-electron chi connectivity index (χ2n) is 6.48. The van der Waals surface area contributed by atoms with Crippen molar-refractivity contribution in [3.05, 3.63) is 0 Å². The molecular formula is C15H31N3O. The average Bonchev–Trinajstić information content (AvgIpc) is 2.44. The quantitative estimate of drug-likeness (QED) is 0.817. The van der Waals surface area contributed by atoms with Gasteiger partial charge in [0, 0.05) is 38.3 Å². The summed E-state index contributed by atoms with van der Waals surface area (Å²) in [5, 5.41) is 0. The van der Waals surface area contributed by atoms with Crippen molar-refractivity contribution in [3.63, 3.8) is 0 Å². The number of nitrogens with two attached hydrogens (primary N) is 1. The number of hydrogen-bond acceptors (Lipinski definition) is 4. The van der Waals surface area contributed by atoms with Crippen molar-refractivity contribution in [1.29, 1.82) is 0 Å². The Morgan fingerprint density at radius 2 is 2.11 bits per heavy atom. The van der Waals surface area contributed by atoms with E-state index in [1.165, 1.54) is 32.4 Å². The van der Waals surface area contributed by atoms with Crippen LogP contribution < -0.4 is 5.73 Å². The first-order chi connectivity index (χ1) is 9.10. The highest BCUT2D eigenvalue weighted by Crippen LogP contribution is 2.29. The number of piperazine rings is 1. The zero-order chi connectivity index (χ0) is 13.9. The molecule has 2 heterocycles. The molecule has 0 saturated carbocycles. The van der Waals surface area contributed by atoms with Gasteiger partial charge in [-0.1, -0.05) is 6.42 Å². The van der Waals surface area contributed by atoms with Gasteiger partial charge in [0.1, 0.15) is 0 Å². The number of piperidine rings is 1. The van der Waals surface area contributed by atoms with E-state index < -0.39 is 0 Å². The van der Waals surface area contributed by atoms with Crippen LogP contribution in [0, 0.1) is 0 Å². The molecule has 4 heteroatoms. The van der Waals surface area contributed by atoms with Crippen molar-refractivity contribution >= 4 is 0 Å². The maximum absolute atomic E-state index is 6.07. The van der Waals surface area contributed by atoms with Crippen molar-refractivity contribution in [2.24, 2.45) is 5.73 Å². The Morgan fingerprint density at radius 3 is 2.79 bits per heavy atom. The molecule has 2 N–H and O–H groups in total. The van der Waals surface area contributed by atoms with Gasteiger partial charge in [0.15, 0.2) is 0 Å². The number of rotatable bonds is 5. The van der Waals surface area contributed by atoms with Crippen molar-refractivity contribution in [2.75, 3.05) is 39.4 Å².